The Morgan fingerprint density at radius 1 is 1.36 bits per heavy atom. The molecule has 0 unspecified atom stereocenters. The normalized spacial score (nSPS) is 16.7. The quantitative estimate of drug-likeness (QED) is 0.475. The van der Waals surface area contributed by atoms with Crippen molar-refractivity contribution >= 4 is 56.1 Å². The maximum atomic E-state index is 12.7. The fraction of sp³-hybridized carbons (Fsp3) is 0.500. The van der Waals surface area contributed by atoms with Gasteiger partial charge in [0.1, 0.15) is 12.1 Å². The molecule has 0 atom stereocenters. The van der Waals surface area contributed by atoms with Crippen LogP contribution in [-0.4, -0.2) is 24.0 Å². The van der Waals surface area contributed by atoms with Crippen LogP contribution >= 0.6 is 38.5 Å². The monoisotopic (exact) mass is 479 g/mol. The fourth-order valence-electron chi connectivity index (χ4n) is 2.52. The first-order valence-electron chi connectivity index (χ1n) is 6.97. The van der Waals surface area contributed by atoms with Gasteiger partial charge in [-0.25, -0.2) is 0 Å². The zero-order chi connectivity index (χ0) is 16.9. The van der Waals surface area contributed by atoms with Crippen LogP contribution in [0.15, 0.2) is 16.6 Å². The van der Waals surface area contributed by atoms with Crippen LogP contribution in [0.1, 0.15) is 40.2 Å². The summed E-state index contributed by atoms with van der Waals surface area (Å²) < 4.78 is 7.21. The molecule has 0 spiro atoms. The van der Waals surface area contributed by atoms with Gasteiger partial charge < -0.3 is 4.74 Å². The van der Waals surface area contributed by atoms with E-state index in [2.05, 4.69) is 38.5 Å². The lowest BCUT2D eigenvalue weighted by Crippen LogP contribution is -2.41. The SMILES string of the molecule is CC(C)(C)OC(=O)CN1C(=O)C(C)(C)c2cc(Br)cc(I)c21. The van der Waals surface area contributed by atoms with Crippen molar-refractivity contribution in [2.24, 2.45) is 0 Å². The minimum atomic E-state index is -0.652. The minimum Gasteiger partial charge on any atom is -0.459 e. The van der Waals surface area contributed by atoms with Crippen molar-refractivity contribution in [3.8, 4) is 0 Å². The molecule has 0 aromatic heterocycles. The maximum Gasteiger partial charge on any atom is 0.326 e. The molecule has 0 saturated heterocycles. The molecule has 120 valence electrons. The first-order valence-corrected chi connectivity index (χ1v) is 8.84. The number of halogens is 2. The van der Waals surface area contributed by atoms with Crippen molar-refractivity contribution in [2.45, 2.75) is 45.6 Å². The number of carbonyl (C=O) groups excluding carboxylic acids is 2. The van der Waals surface area contributed by atoms with Crippen LogP contribution in [-0.2, 0) is 19.7 Å². The molecule has 1 amide bonds. The summed E-state index contributed by atoms with van der Waals surface area (Å²) >= 11 is 5.66. The Kier molecular flexibility index (Phi) is 4.65. The number of nitrogens with zero attached hydrogens (tertiary/aromatic N) is 1. The number of hydrogen-bond donors (Lipinski definition) is 0. The van der Waals surface area contributed by atoms with Crippen molar-refractivity contribution in [1.82, 2.24) is 0 Å². The highest BCUT2D eigenvalue weighted by Gasteiger charge is 2.46. The van der Waals surface area contributed by atoms with Crippen LogP contribution in [0.3, 0.4) is 0 Å². The lowest BCUT2D eigenvalue weighted by Gasteiger charge is -2.24. The van der Waals surface area contributed by atoms with Gasteiger partial charge >= 0.3 is 5.97 Å². The van der Waals surface area contributed by atoms with E-state index in [-0.39, 0.29) is 12.5 Å². The van der Waals surface area contributed by atoms with E-state index < -0.39 is 17.0 Å². The zero-order valence-corrected chi connectivity index (χ0v) is 17.0. The second-order valence-corrected chi connectivity index (χ2v) is 8.96. The van der Waals surface area contributed by atoms with E-state index >= 15 is 0 Å². The van der Waals surface area contributed by atoms with Gasteiger partial charge in [0.2, 0.25) is 5.91 Å². The van der Waals surface area contributed by atoms with Crippen molar-refractivity contribution in [2.75, 3.05) is 11.4 Å². The standard InChI is InChI=1S/C16H19BrINO3/c1-15(2,3)22-12(20)8-19-13-10(16(4,5)14(19)21)6-9(17)7-11(13)18/h6-7H,8H2,1-5H3. The molecule has 0 bridgehead atoms. The molecule has 1 aliphatic heterocycles. The van der Waals surface area contributed by atoms with Crippen LogP contribution in [0.2, 0.25) is 0 Å². The Hall–Kier alpha value is -0.630. The molecule has 0 saturated carbocycles. The predicted octanol–water partition coefficient (Wildman–Crippen LogP) is 4.02. The van der Waals surface area contributed by atoms with Gasteiger partial charge in [0.15, 0.2) is 0 Å². The number of esters is 1. The lowest BCUT2D eigenvalue weighted by atomic mass is 9.86. The van der Waals surface area contributed by atoms with E-state index in [1.54, 1.807) is 0 Å². The van der Waals surface area contributed by atoms with Crippen LogP contribution in [0.5, 0.6) is 0 Å². The average Bonchev–Trinajstić information content (AvgIpc) is 2.49. The molecule has 6 heteroatoms. The Balaban J connectivity index is 2.40. The number of carbonyl (C=O) groups is 2. The zero-order valence-electron chi connectivity index (χ0n) is 13.3. The highest BCUT2D eigenvalue weighted by atomic mass is 127. The molecule has 4 nitrogen and oxygen atoms in total. The maximum absolute atomic E-state index is 12.7. The van der Waals surface area contributed by atoms with Gasteiger partial charge in [-0.2, -0.15) is 0 Å². The number of benzene rings is 1. The number of amides is 1. The molecule has 1 aliphatic rings. The number of ether oxygens (including phenoxy) is 1. The van der Waals surface area contributed by atoms with Crippen LogP contribution in [0.25, 0.3) is 0 Å². The molecule has 1 aromatic carbocycles. The van der Waals surface area contributed by atoms with Gasteiger partial charge in [0, 0.05) is 8.04 Å². The van der Waals surface area contributed by atoms with Crippen LogP contribution < -0.4 is 4.90 Å². The molecule has 1 aromatic rings. The highest BCUT2D eigenvalue weighted by molar-refractivity contribution is 14.1. The Morgan fingerprint density at radius 3 is 2.50 bits per heavy atom. The summed E-state index contributed by atoms with van der Waals surface area (Å²) in [4.78, 5) is 26.4. The van der Waals surface area contributed by atoms with E-state index in [9.17, 15) is 9.59 Å². The summed E-state index contributed by atoms with van der Waals surface area (Å²) in [7, 11) is 0. The highest BCUT2D eigenvalue weighted by Crippen LogP contribution is 2.45. The summed E-state index contributed by atoms with van der Waals surface area (Å²) in [6.45, 7) is 9.14. The number of fused-ring (bicyclic) bond motifs is 1. The number of rotatable bonds is 2. The molecule has 1 heterocycles. The summed E-state index contributed by atoms with van der Waals surface area (Å²) in [5.74, 6) is -0.479. The molecule has 0 radical (unpaired) electrons. The van der Waals surface area contributed by atoms with E-state index in [1.165, 1.54) is 4.90 Å². The number of anilines is 1. The van der Waals surface area contributed by atoms with E-state index in [1.807, 2.05) is 46.8 Å². The first kappa shape index (κ1) is 17.7. The average molecular weight is 480 g/mol. The van der Waals surface area contributed by atoms with E-state index in [0.29, 0.717) is 0 Å². The van der Waals surface area contributed by atoms with Crippen LogP contribution in [0, 0.1) is 3.57 Å². The minimum absolute atomic E-state index is 0.0653. The molecule has 0 fully saturated rings. The van der Waals surface area contributed by atoms with Crippen LogP contribution in [0.4, 0.5) is 5.69 Å². The van der Waals surface area contributed by atoms with Crippen molar-refractivity contribution < 1.29 is 14.3 Å². The summed E-state index contributed by atoms with van der Waals surface area (Å²) in [6.07, 6.45) is 0. The topological polar surface area (TPSA) is 46.6 Å². The molecular formula is C16H19BrINO3. The Morgan fingerprint density at radius 2 is 1.95 bits per heavy atom. The first-order chi connectivity index (χ1) is 9.93. The third kappa shape index (κ3) is 3.32. The fourth-order valence-corrected chi connectivity index (χ4v) is 4.33. The third-order valence-electron chi connectivity index (χ3n) is 3.46. The van der Waals surface area contributed by atoms with Gasteiger partial charge in [-0.3, -0.25) is 14.5 Å². The molecule has 22 heavy (non-hydrogen) atoms. The Labute approximate surface area is 152 Å². The molecular weight excluding hydrogens is 461 g/mol. The van der Waals surface area contributed by atoms with Gasteiger partial charge in [0.05, 0.1) is 11.1 Å². The third-order valence-corrected chi connectivity index (χ3v) is 4.74. The summed E-state index contributed by atoms with van der Waals surface area (Å²) in [5, 5.41) is 0. The summed E-state index contributed by atoms with van der Waals surface area (Å²) in [6, 6.07) is 3.89. The van der Waals surface area contributed by atoms with E-state index in [0.717, 1.165) is 19.3 Å². The second kappa shape index (κ2) is 5.78. The van der Waals surface area contributed by atoms with Gasteiger partial charge in [-0.05, 0) is 74.9 Å². The second-order valence-electron chi connectivity index (χ2n) is 6.89. The van der Waals surface area contributed by atoms with Crippen molar-refractivity contribution in [3.63, 3.8) is 0 Å². The van der Waals surface area contributed by atoms with Crippen molar-refractivity contribution in [1.29, 1.82) is 0 Å². The summed E-state index contributed by atoms with van der Waals surface area (Å²) in [5.41, 5.74) is 0.524. The number of hydrogen-bond acceptors (Lipinski definition) is 3. The Bertz CT molecular complexity index is 650. The van der Waals surface area contributed by atoms with Crippen molar-refractivity contribution in [3.05, 3.63) is 25.7 Å². The molecule has 2 rings (SSSR count). The van der Waals surface area contributed by atoms with Gasteiger partial charge in [-0.1, -0.05) is 15.9 Å². The molecule has 0 aliphatic carbocycles. The van der Waals surface area contributed by atoms with Gasteiger partial charge in [-0.15, -0.1) is 0 Å². The largest absolute Gasteiger partial charge is 0.459 e. The van der Waals surface area contributed by atoms with Gasteiger partial charge in [0.25, 0.3) is 0 Å². The van der Waals surface area contributed by atoms with E-state index in [4.69, 9.17) is 4.74 Å². The predicted molar refractivity (Wildman–Crippen MR) is 98.1 cm³/mol. The lowest BCUT2D eigenvalue weighted by molar-refractivity contribution is -0.153. The smallest absolute Gasteiger partial charge is 0.326 e. The molecule has 0 N–H and O–H groups in total.